The molecule has 0 saturated carbocycles. The molecule has 0 aromatic rings. The molecular weight excluding hydrogens is 1560 g/mol. The molecule has 9 heteroatoms. The van der Waals surface area contributed by atoms with Gasteiger partial charge in [-0.25, -0.2) is 0 Å². The van der Waals surface area contributed by atoms with Crippen LogP contribution >= 0.6 is 0 Å². The minimum absolute atomic E-state index is 0. The van der Waals surface area contributed by atoms with Gasteiger partial charge in [0.25, 0.3) is 0 Å². The number of allylic oxidation sites excluding steroid dienone is 8. The molecule has 127 heavy (non-hydrogen) atoms. The van der Waals surface area contributed by atoms with Gasteiger partial charge in [-0.1, -0.05) is 623 Å². The van der Waals surface area contributed by atoms with Gasteiger partial charge in [0.15, 0.2) is 6.10 Å². The summed E-state index contributed by atoms with van der Waals surface area (Å²) in [6, 6.07) is 0. The summed E-state index contributed by atoms with van der Waals surface area (Å²) in [6.45, 7) is 24.5. The van der Waals surface area contributed by atoms with E-state index >= 15 is 0 Å². The van der Waals surface area contributed by atoms with Crippen molar-refractivity contribution in [3.05, 3.63) is 48.6 Å². The van der Waals surface area contributed by atoms with Gasteiger partial charge in [-0.2, -0.15) is 9.59 Å². The van der Waals surface area contributed by atoms with Crippen molar-refractivity contribution in [1.82, 2.24) is 0 Å². The SMILES string of the molecule is C.C.C.C.CC/C=C\C/C=C\C/C=C\CCCCCCCC(=O)OCC(COC(=O)CCCCCCCCCCCCCCC)OC(=O)CCCCCCC/C=C\CCCCCCCC.CCC.CCCCCCCCCCCCCCCCC.CCCCCCCCCCCCCCCCCCC.CCCCCCCCCCCCCCCCCCC.O.O=C=O.[3HH].[HH]. The van der Waals surface area contributed by atoms with Gasteiger partial charge in [0.1, 0.15) is 13.2 Å². The molecule has 0 heterocycles. The molecule has 0 aromatic heterocycles. The molecule has 0 aliphatic heterocycles. The van der Waals surface area contributed by atoms with Crippen molar-refractivity contribution >= 4 is 24.1 Å². The van der Waals surface area contributed by atoms with E-state index in [1.165, 1.54) is 437 Å². The minimum atomic E-state index is -0.781. The van der Waals surface area contributed by atoms with E-state index in [1.807, 2.05) is 0 Å². The molecule has 2 N–H and O–H groups in total. The van der Waals surface area contributed by atoms with Gasteiger partial charge in [-0.3, -0.25) is 14.4 Å². The molecule has 0 fully saturated rings. The summed E-state index contributed by atoms with van der Waals surface area (Å²) in [5.74, 6) is -0.898. The van der Waals surface area contributed by atoms with Crippen molar-refractivity contribution in [3.8, 4) is 0 Å². The Hall–Kier alpha value is -3.29. The molecule has 9 nitrogen and oxygen atoms in total. The van der Waals surface area contributed by atoms with Gasteiger partial charge >= 0.3 is 24.1 Å². The van der Waals surface area contributed by atoms with E-state index in [2.05, 4.69) is 125 Å². The Labute approximate surface area is 804 Å². The molecule has 0 aliphatic rings. The molecule has 0 aliphatic carbocycles. The maximum absolute atomic E-state index is 12.8. The summed E-state index contributed by atoms with van der Waals surface area (Å²) in [7, 11) is 0. The van der Waals surface area contributed by atoms with E-state index in [9.17, 15) is 14.4 Å². The average molecular weight is 1810 g/mol. The summed E-state index contributed by atoms with van der Waals surface area (Å²) < 4.78 is 16.8. The average Bonchev–Trinajstić information content (AvgIpc) is 0.940. The standard InChI is InChI=1S/C55H98O6.2C19H40.C17H36.C3H8.CO2.4CH4.H2O.2H2/c1-4-7-10-13-16-19-22-25-27-30-33-36-39-42-45-48-54(57)60-51-52(50-59-53(56)47-44-41-38-35-32-29-24-21-18-15-12-9-6-3)61-55(58)49-46-43-40-37-34-31-28-26-23-20-17-14-11-8-5-2;2*1-3-5-7-9-11-13-15-17-19-18-16-14-12-10-8-6-4-2;1-3-5-7-9-11-13-15-17-16-14-12-10-8-6-4-2;1-3-2;2-1-3;;;;;;;/h7,10,16,19,25-28,52H,4-6,8-9,11-15,17-18,20-24,29-51H2,1-3H3;2*3-19H2,1-2H3;3-17H2,1-2H3;3H2,1-2H3;;4*1H4;1H2;2*1H/b10-7-,19-16-,27-25-,28-26-;;;;;;;;;;;;/i;;;;;;;;;;;1+2;. The molecule has 770 valence electrons. The lowest BCUT2D eigenvalue weighted by Crippen LogP contribution is -2.30. The van der Waals surface area contributed by atoms with Crippen LogP contribution in [0.25, 0.3) is 0 Å². The summed E-state index contributed by atoms with van der Waals surface area (Å²) in [4.78, 5) is 54.2. The molecule has 0 bridgehead atoms. The summed E-state index contributed by atoms with van der Waals surface area (Å²) in [6.07, 6.45) is 133. The summed E-state index contributed by atoms with van der Waals surface area (Å²) in [5, 5.41) is 0. The highest BCUT2D eigenvalue weighted by Gasteiger charge is 2.20. The normalized spacial score (nSPS) is 10.9. The van der Waals surface area contributed by atoms with Gasteiger partial charge in [-0.05, 0) is 77.0 Å². The number of hydrogen-bond donors (Lipinski definition) is 0. The Kier molecular flexibility index (Phi) is 171. The zero-order valence-electron chi connectivity index (χ0n) is 85.6. The lowest BCUT2D eigenvalue weighted by atomic mass is 10.0. The van der Waals surface area contributed by atoms with E-state index in [0.717, 1.165) is 109 Å². The van der Waals surface area contributed by atoms with Crippen LogP contribution in [0.4, 0.5) is 0 Å². The number of carbonyl (C=O) groups is 3. The van der Waals surface area contributed by atoms with Crippen LogP contribution in [-0.4, -0.2) is 48.9 Å². The number of hydrogen-bond acceptors (Lipinski definition) is 8. The number of rotatable bonds is 93. The van der Waals surface area contributed by atoms with Crippen LogP contribution in [0, 0.1) is 0 Å². The van der Waals surface area contributed by atoms with Crippen molar-refractivity contribution in [2.24, 2.45) is 0 Å². The molecule has 0 rings (SSSR count). The third-order valence-electron chi connectivity index (χ3n) is 23.4. The summed E-state index contributed by atoms with van der Waals surface area (Å²) >= 11 is 0. The number of unbranched alkanes of at least 4 members (excludes halogenated alkanes) is 74. The second-order valence-electron chi connectivity index (χ2n) is 36.4. The van der Waals surface area contributed by atoms with E-state index < -0.39 is 6.10 Å². The van der Waals surface area contributed by atoms with Crippen LogP contribution in [0.15, 0.2) is 48.6 Å². The fourth-order valence-electron chi connectivity index (χ4n) is 15.4. The minimum Gasteiger partial charge on any atom is -0.462 e. The first-order chi connectivity index (χ1) is 60.1. The second-order valence-corrected chi connectivity index (χ2v) is 36.4. The highest BCUT2D eigenvalue weighted by Crippen LogP contribution is 2.21. The first kappa shape index (κ1) is 147. The van der Waals surface area contributed by atoms with Crippen LogP contribution in [0.2, 0.25) is 0 Å². The maximum atomic E-state index is 12.8. The predicted molar refractivity (Wildman–Crippen MR) is 577 cm³/mol. The van der Waals surface area contributed by atoms with Crippen LogP contribution in [0.1, 0.15) is 674 Å². The summed E-state index contributed by atoms with van der Waals surface area (Å²) in [5.41, 5.74) is 0. The smallest absolute Gasteiger partial charge is 0.373 e. The monoisotopic (exact) mass is 1810 g/mol. The Balaban J connectivity index is -0.000000146. The fourth-order valence-corrected chi connectivity index (χ4v) is 15.4. The van der Waals surface area contributed by atoms with Crippen molar-refractivity contribution in [2.45, 2.75) is 677 Å². The van der Waals surface area contributed by atoms with Crippen molar-refractivity contribution in [1.29, 1.82) is 0 Å². The molecule has 0 saturated heterocycles. The predicted octanol–water partition coefficient (Wildman–Crippen LogP) is 42.3. The van der Waals surface area contributed by atoms with E-state index in [4.69, 9.17) is 23.8 Å². The van der Waals surface area contributed by atoms with Gasteiger partial charge in [0, 0.05) is 22.1 Å². The van der Waals surface area contributed by atoms with Gasteiger partial charge in [0.05, 0.1) is 0 Å². The van der Waals surface area contributed by atoms with Gasteiger partial charge < -0.3 is 19.7 Å². The highest BCUT2D eigenvalue weighted by molar-refractivity contribution is 5.71. The molecular formula is C118H244O9. The number of carbonyl (C=O) groups excluding carboxylic acids is 5. The van der Waals surface area contributed by atoms with E-state index in [1.54, 1.807) is 0 Å². The Morgan fingerprint density at radius 2 is 0.370 bits per heavy atom. The maximum Gasteiger partial charge on any atom is 0.373 e. The molecule has 0 aromatic carbocycles. The highest BCUT2D eigenvalue weighted by atomic mass is 16.6. The zero-order valence-corrected chi connectivity index (χ0v) is 85.6. The fraction of sp³-hybridized carbons (Fsp3) is 0.898. The lowest BCUT2D eigenvalue weighted by molar-refractivity contribution is -0.191. The Bertz CT molecular complexity index is 1940. The molecule has 1 unspecified atom stereocenters. The molecule has 0 radical (unpaired) electrons. The van der Waals surface area contributed by atoms with E-state index in [-0.39, 0.29) is 75.3 Å². The Morgan fingerprint density at radius 1 is 0.228 bits per heavy atom. The first-order valence-electron chi connectivity index (χ1n) is 55.2. The van der Waals surface area contributed by atoms with Gasteiger partial charge in [0.2, 0.25) is 0 Å². The zero-order chi connectivity index (χ0) is 90.4. The van der Waals surface area contributed by atoms with Crippen LogP contribution in [0.5, 0.6) is 0 Å². The second kappa shape index (κ2) is 148. The Morgan fingerprint density at radius 3 is 0.551 bits per heavy atom. The van der Waals surface area contributed by atoms with Crippen molar-refractivity contribution in [2.75, 3.05) is 13.2 Å². The molecule has 1 atom stereocenters. The third kappa shape index (κ3) is 160. The topological polar surface area (TPSA) is 145 Å². The molecule has 0 spiro atoms. The van der Waals surface area contributed by atoms with Crippen LogP contribution in [0.3, 0.4) is 0 Å². The third-order valence-corrected chi connectivity index (χ3v) is 23.4. The largest absolute Gasteiger partial charge is 0.462 e. The lowest BCUT2D eigenvalue weighted by Gasteiger charge is -2.18. The van der Waals surface area contributed by atoms with Crippen molar-refractivity contribution in [3.63, 3.8) is 0 Å². The van der Waals surface area contributed by atoms with Crippen LogP contribution < -0.4 is 0 Å². The first-order valence-corrected chi connectivity index (χ1v) is 55.2. The quantitative estimate of drug-likeness (QED) is 0.0253. The van der Waals surface area contributed by atoms with E-state index in [0.29, 0.717) is 19.3 Å². The number of esters is 3. The van der Waals surface area contributed by atoms with Gasteiger partial charge in [-0.15, -0.1) is 0 Å². The van der Waals surface area contributed by atoms with Crippen molar-refractivity contribution < 1.29 is 46.5 Å². The molecule has 0 amide bonds. The number of ether oxygens (including phenoxy) is 3. The van der Waals surface area contributed by atoms with Crippen LogP contribution in [-0.2, 0) is 38.2 Å².